The monoisotopic (exact) mass is 304 g/mol. The van der Waals surface area contributed by atoms with E-state index in [0.29, 0.717) is 10.6 Å². The predicted molar refractivity (Wildman–Crippen MR) is 77.7 cm³/mol. The second-order valence-electron chi connectivity index (χ2n) is 5.43. The quantitative estimate of drug-likeness (QED) is 0.924. The Morgan fingerprint density at radius 2 is 2.14 bits per heavy atom. The van der Waals surface area contributed by atoms with Crippen LogP contribution < -0.4 is 5.32 Å². The lowest BCUT2D eigenvalue weighted by Gasteiger charge is -2.16. The van der Waals surface area contributed by atoms with Crippen molar-refractivity contribution >= 4 is 23.1 Å². The lowest BCUT2D eigenvalue weighted by Crippen LogP contribution is -2.20. The number of hydrogen-bond acceptors (Lipinski definition) is 5. The number of carbonyl (C=O) groups is 1. The molecule has 21 heavy (non-hydrogen) atoms. The molecule has 7 heteroatoms. The molecule has 0 aliphatic carbocycles. The lowest BCUT2D eigenvalue weighted by atomic mass is 9.91. The molecule has 0 saturated heterocycles. The Hall–Kier alpha value is -2.33. The van der Waals surface area contributed by atoms with Crippen LogP contribution in [0.15, 0.2) is 18.2 Å². The van der Waals surface area contributed by atoms with Crippen LogP contribution in [0.2, 0.25) is 0 Å². The molecule has 0 fully saturated rings. The third kappa shape index (κ3) is 3.06. The van der Waals surface area contributed by atoms with Gasteiger partial charge in [-0.3, -0.25) is 4.79 Å². The van der Waals surface area contributed by atoms with Gasteiger partial charge in [0.1, 0.15) is 22.3 Å². The summed E-state index contributed by atoms with van der Waals surface area (Å²) >= 11 is 0.972. The number of hydrogen-bond donors (Lipinski definition) is 1. The fourth-order valence-electron chi connectivity index (χ4n) is 1.75. The molecule has 1 aromatic heterocycles. The van der Waals surface area contributed by atoms with Crippen LogP contribution in [0, 0.1) is 17.1 Å². The van der Waals surface area contributed by atoms with Crippen molar-refractivity contribution in [3.05, 3.63) is 40.2 Å². The van der Waals surface area contributed by atoms with Crippen molar-refractivity contribution in [2.75, 3.05) is 5.32 Å². The molecule has 0 bridgehead atoms. The number of nitriles is 1. The van der Waals surface area contributed by atoms with Crippen LogP contribution in [-0.2, 0) is 5.41 Å². The molecule has 1 amide bonds. The minimum atomic E-state index is -0.672. The first-order chi connectivity index (χ1) is 9.84. The fourth-order valence-corrected chi connectivity index (χ4v) is 2.52. The van der Waals surface area contributed by atoms with Crippen LogP contribution in [0.1, 0.15) is 41.7 Å². The summed E-state index contributed by atoms with van der Waals surface area (Å²) in [5, 5.41) is 15.5. The number of aromatic nitrogens is 2. The van der Waals surface area contributed by atoms with Crippen LogP contribution in [0.3, 0.4) is 0 Å². The van der Waals surface area contributed by atoms with E-state index >= 15 is 0 Å². The van der Waals surface area contributed by atoms with E-state index in [0.717, 1.165) is 11.5 Å². The summed E-state index contributed by atoms with van der Waals surface area (Å²) in [6.45, 7) is 5.76. The summed E-state index contributed by atoms with van der Waals surface area (Å²) < 4.78 is 17.3. The molecule has 0 radical (unpaired) electrons. The van der Waals surface area contributed by atoms with E-state index in [2.05, 4.69) is 14.9 Å². The second-order valence-corrected chi connectivity index (χ2v) is 6.18. The first kappa shape index (κ1) is 15.1. The molecule has 0 aliphatic heterocycles. The van der Waals surface area contributed by atoms with Gasteiger partial charge in [-0.2, -0.15) is 5.26 Å². The highest BCUT2D eigenvalue weighted by Crippen LogP contribution is 2.27. The summed E-state index contributed by atoms with van der Waals surface area (Å²) in [5.41, 5.74) is 0.177. The van der Waals surface area contributed by atoms with Gasteiger partial charge < -0.3 is 5.32 Å². The molecule has 1 heterocycles. The molecule has 0 atom stereocenters. The topological polar surface area (TPSA) is 78.7 Å². The molecular weight excluding hydrogens is 291 g/mol. The Morgan fingerprint density at radius 3 is 2.76 bits per heavy atom. The Kier molecular flexibility index (Phi) is 4.00. The van der Waals surface area contributed by atoms with Crippen molar-refractivity contribution in [3.63, 3.8) is 0 Å². The number of halogens is 1. The summed E-state index contributed by atoms with van der Waals surface area (Å²) in [5.74, 6) is -1.12. The van der Waals surface area contributed by atoms with Crippen molar-refractivity contribution in [3.8, 4) is 6.07 Å². The molecule has 0 saturated carbocycles. The van der Waals surface area contributed by atoms with Crippen molar-refractivity contribution in [1.82, 2.24) is 9.59 Å². The molecule has 5 nitrogen and oxygen atoms in total. The van der Waals surface area contributed by atoms with Gasteiger partial charge in [-0.25, -0.2) is 4.39 Å². The molecule has 1 aromatic carbocycles. The largest absolute Gasteiger partial charge is 0.320 e. The van der Waals surface area contributed by atoms with E-state index in [9.17, 15) is 9.18 Å². The maximum absolute atomic E-state index is 13.5. The van der Waals surface area contributed by atoms with E-state index in [4.69, 9.17) is 5.26 Å². The zero-order valence-corrected chi connectivity index (χ0v) is 12.6. The van der Waals surface area contributed by atoms with E-state index in [-0.39, 0.29) is 16.7 Å². The molecular formula is C14H13FN4OS. The standard InChI is InChI=1S/C14H13FN4OS/c1-14(2,3)12-11(21-19-18-12)13(20)17-10-6-4-5-9(15)8(10)7-16/h4-6H,1-3H3,(H,17,20). The van der Waals surface area contributed by atoms with Gasteiger partial charge in [-0.05, 0) is 23.7 Å². The van der Waals surface area contributed by atoms with Gasteiger partial charge in [0.05, 0.1) is 11.4 Å². The molecule has 0 spiro atoms. The average molecular weight is 304 g/mol. The summed E-state index contributed by atoms with van der Waals surface area (Å²) in [6, 6.07) is 5.82. The van der Waals surface area contributed by atoms with Gasteiger partial charge in [-0.15, -0.1) is 5.10 Å². The SMILES string of the molecule is CC(C)(C)c1nnsc1C(=O)Nc1cccc(F)c1C#N. The van der Waals surface area contributed by atoms with Crippen LogP contribution >= 0.6 is 11.5 Å². The van der Waals surface area contributed by atoms with Crippen molar-refractivity contribution in [1.29, 1.82) is 5.26 Å². The Labute approximate surface area is 125 Å². The van der Waals surface area contributed by atoms with Gasteiger partial charge in [0.25, 0.3) is 5.91 Å². The number of benzene rings is 1. The first-order valence-electron chi connectivity index (χ1n) is 6.17. The Bertz CT molecular complexity index is 727. The zero-order chi connectivity index (χ0) is 15.6. The predicted octanol–water partition coefficient (Wildman–Crippen LogP) is 3.10. The molecule has 0 aliphatic rings. The van der Waals surface area contributed by atoms with Crippen LogP contribution in [0.4, 0.5) is 10.1 Å². The second kappa shape index (κ2) is 5.58. The summed E-state index contributed by atoms with van der Waals surface area (Å²) in [6.07, 6.45) is 0. The number of rotatable bonds is 2. The van der Waals surface area contributed by atoms with Crippen LogP contribution in [0.25, 0.3) is 0 Å². The Balaban J connectivity index is 2.35. The van der Waals surface area contributed by atoms with Crippen molar-refractivity contribution < 1.29 is 9.18 Å². The summed E-state index contributed by atoms with van der Waals surface area (Å²) in [7, 11) is 0. The third-order valence-electron chi connectivity index (χ3n) is 2.78. The van der Waals surface area contributed by atoms with Crippen molar-refractivity contribution in [2.45, 2.75) is 26.2 Å². The van der Waals surface area contributed by atoms with E-state index in [1.54, 1.807) is 6.07 Å². The highest BCUT2D eigenvalue weighted by atomic mass is 32.1. The number of carbonyl (C=O) groups excluding carboxylic acids is 1. The average Bonchev–Trinajstić information content (AvgIpc) is 2.88. The minimum Gasteiger partial charge on any atom is -0.320 e. The zero-order valence-electron chi connectivity index (χ0n) is 11.8. The maximum Gasteiger partial charge on any atom is 0.269 e. The number of amides is 1. The summed E-state index contributed by atoms with van der Waals surface area (Å²) in [4.78, 5) is 12.7. The molecule has 2 rings (SSSR count). The number of nitrogens with one attached hydrogen (secondary N) is 1. The third-order valence-corrected chi connectivity index (χ3v) is 3.50. The van der Waals surface area contributed by atoms with E-state index < -0.39 is 11.7 Å². The highest BCUT2D eigenvalue weighted by molar-refractivity contribution is 7.08. The van der Waals surface area contributed by atoms with Gasteiger partial charge in [0.2, 0.25) is 0 Å². The smallest absolute Gasteiger partial charge is 0.269 e. The molecule has 0 unspecified atom stereocenters. The minimum absolute atomic E-state index is 0.135. The van der Waals surface area contributed by atoms with E-state index in [1.165, 1.54) is 18.2 Å². The van der Waals surface area contributed by atoms with E-state index in [1.807, 2.05) is 20.8 Å². The molecule has 1 N–H and O–H groups in total. The Morgan fingerprint density at radius 1 is 1.43 bits per heavy atom. The normalized spacial score (nSPS) is 11.0. The van der Waals surface area contributed by atoms with Gasteiger partial charge >= 0.3 is 0 Å². The molecule has 108 valence electrons. The maximum atomic E-state index is 13.5. The van der Waals surface area contributed by atoms with Crippen molar-refractivity contribution in [2.24, 2.45) is 0 Å². The van der Waals surface area contributed by atoms with Gasteiger partial charge in [0.15, 0.2) is 0 Å². The van der Waals surface area contributed by atoms with Crippen LogP contribution in [0.5, 0.6) is 0 Å². The molecule has 2 aromatic rings. The van der Waals surface area contributed by atoms with Gasteiger partial charge in [0, 0.05) is 5.41 Å². The van der Waals surface area contributed by atoms with Crippen LogP contribution in [-0.4, -0.2) is 15.5 Å². The number of anilines is 1. The highest BCUT2D eigenvalue weighted by Gasteiger charge is 2.26. The lowest BCUT2D eigenvalue weighted by molar-refractivity contribution is 0.102. The van der Waals surface area contributed by atoms with Gasteiger partial charge in [-0.1, -0.05) is 31.3 Å². The first-order valence-corrected chi connectivity index (χ1v) is 6.94. The number of nitrogens with zero attached hydrogens (tertiary/aromatic N) is 3. The fraction of sp³-hybridized carbons (Fsp3) is 0.286.